The zero-order valence-electron chi connectivity index (χ0n) is 43.3. The van der Waals surface area contributed by atoms with Crippen LogP contribution in [0.3, 0.4) is 0 Å². The summed E-state index contributed by atoms with van der Waals surface area (Å²) >= 11 is 0. The predicted molar refractivity (Wildman–Crippen MR) is 295 cm³/mol. The van der Waals surface area contributed by atoms with Crippen molar-refractivity contribution in [1.82, 2.24) is 14.5 Å². The Bertz CT molecular complexity index is 3160. The largest absolute Gasteiger partial charge is 0.507 e. The minimum absolute atomic E-state index is 0.136. The molecule has 2 aliphatic rings. The van der Waals surface area contributed by atoms with Crippen molar-refractivity contribution in [3.8, 4) is 67.5 Å². The van der Waals surface area contributed by atoms with Crippen LogP contribution in [0.4, 0.5) is 0 Å². The fraction of sp³-hybridized carbons (Fsp3) is 0.364. The summed E-state index contributed by atoms with van der Waals surface area (Å²) in [4.78, 5) is 10.8. The van der Waals surface area contributed by atoms with Gasteiger partial charge in [0.15, 0.2) is 0 Å². The van der Waals surface area contributed by atoms with E-state index in [0.717, 1.165) is 85.1 Å². The van der Waals surface area contributed by atoms with Crippen LogP contribution in [0.2, 0.25) is 0 Å². The van der Waals surface area contributed by atoms with Gasteiger partial charge < -0.3 is 5.11 Å². The lowest BCUT2D eigenvalue weighted by Crippen LogP contribution is -2.17. The maximum Gasteiger partial charge on any atom is 0.149 e. The Morgan fingerprint density at radius 1 is 0.529 bits per heavy atom. The summed E-state index contributed by atoms with van der Waals surface area (Å²) < 4.78 is 2.34. The maximum atomic E-state index is 12.6. The van der Waals surface area contributed by atoms with Crippen LogP contribution in [0, 0.1) is 5.92 Å². The standard InChI is InChI=1S/C66H73N3O/c1-64(2,3)52-38-50(37-51(39-52)58-40-49(33-34-67-58)47-30-28-46(29-31-47)45-21-12-10-13-22-45)54-25-18-26-60-61(54)68-63(56-41-53(65(4,5)6)42-57(62(56)70)66(7,8)9)69(60)59-32-27-44(35-43-19-16-17-20-43)36-55(59)48-23-14-11-15-24-48/h11,14-15,18,23-34,36-43,45,70H,10,12-13,16-17,19-22,35H2,1-9H3. The van der Waals surface area contributed by atoms with Gasteiger partial charge in [-0.05, 0) is 140 Å². The number of rotatable bonds is 9. The van der Waals surface area contributed by atoms with Crippen LogP contribution in [0.1, 0.15) is 154 Å². The number of benzene rings is 6. The molecule has 358 valence electrons. The van der Waals surface area contributed by atoms with Gasteiger partial charge in [-0.15, -0.1) is 0 Å². The first kappa shape index (κ1) is 47.4. The molecule has 0 atom stereocenters. The van der Waals surface area contributed by atoms with Crippen molar-refractivity contribution in [3.05, 3.63) is 167 Å². The highest BCUT2D eigenvalue weighted by Crippen LogP contribution is 2.46. The minimum atomic E-state index is -0.313. The van der Waals surface area contributed by atoms with Crippen LogP contribution in [0.25, 0.3) is 72.7 Å². The maximum absolute atomic E-state index is 12.6. The Morgan fingerprint density at radius 3 is 1.91 bits per heavy atom. The Labute approximate surface area is 418 Å². The van der Waals surface area contributed by atoms with E-state index in [4.69, 9.17) is 9.97 Å². The summed E-state index contributed by atoms with van der Waals surface area (Å²) in [5.74, 6) is 2.41. The first-order valence-electron chi connectivity index (χ1n) is 26.3. The number of aromatic hydroxyl groups is 1. The number of imidazole rings is 1. The van der Waals surface area contributed by atoms with Gasteiger partial charge in [-0.3, -0.25) is 9.55 Å². The van der Waals surface area contributed by atoms with Gasteiger partial charge in [-0.1, -0.05) is 192 Å². The molecule has 6 aromatic carbocycles. The van der Waals surface area contributed by atoms with E-state index in [1.54, 1.807) is 0 Å². The smallest absolute Gasteiger partial charge is 0.149 e. The van der Waals surface area contributed by atoms with Crippen LogP contribution < -0.4 is 0 Å². The van der Waals surface area contributed by atoms with Gasteiger partial charge in [0.2, 0.25) is 0 Å². The lowest BCUT2D eigenvalue weighted by Gasteiger charge is -2.27. The topological polar surface area (TPSA) is 50.9 Å². The van der Waals surface area contributed by atoms with E-state index in [9.17, 15) is 5.11 Å². The number of fused-ring (bicyclic) bond motifs is 1. The summed E-state index contributed by atoms with van der Waals surface area (Å²) in [5.41, 5.74) is 18.1. The minimum Gasteiger partial charge on any atom is -0.507 e. The second-order valence-corrected chi connectivity index (χ2v) is 23.9. The number of phenols is 1. The van der Waals surface area contributed by atoms with Gasteiger partial charge in [-0.2, -0.15) is 0 Å². The van der Waals surface area contributed by atoms with Crippen molar-refractivity contribution in [3.63, 3.8) is 0 Å². The summed E-state index contributed by atoms with van der Waals surface area (Å²) in [7, 11) is 0. The van der Waals surface area contributed by atoms with E-state index in [1.165, 1.54) is 85.6 Å². The first-order valence-corrected chi connectivity index (χ1v) is 26.3. The number of hydrogen-bond acceptors (Lipinski definition) is 3. The Kier molecular flexibility index (Phi) is 12.7. The second kappa shape index (κ2) is 18.8. The molecule has 1 N–H and O–H groups in total. The third-order valence-electron chi connectivity index (χ3n) is 15.6. The molecule has 2 aliphatic carbocycles. The SMILES string of the molecule is CC(C)(C)c1cc(-c2cc(-c3ccc(C4CCCCC4)cc3)ccn2)cc(-c2cccc3c2nc(-c2cc(C(C)(C)C)cc(C(C)(C)C)c2O)n3-c2ccc(CC3CCCC3)cc2-c2ccccc2)c1. The molecule has 2 saturated carbocycles. The lowest BCUT2D eigenvalue weighted by molar-refractivity contribution is 0.443. The highest BCUT2D eigenvalue weighted by Gasteiger charge is 2.30. The fourth-order valence-electron chi connectivity index (χ4n) is 11.4. The predicted octanol–water partition coefficient (Wildman–Crippen LogP) is 18.1. The molecule has 0 aliphatic heterocycles. The molecule has 2 heterocycles. The first-order chi connectivity index (χ1) is 33.5. The number of para-hydroxylation sites is 1. The molecule has 70 heavy (non-hydrogen) atoms. The van der Waals surface area contributed by atoms with Gasteiger partial charge in [0.25, 0.3) is 0 Å². The van der Waals surface area contributed by atoms with E-state index in [1.807, 2.05) is 6.20 Å². The fourth-order valence-corrected chi connectivity index (χ4v) is 11.4. The zero-order chi connectivity index (χ0) is 49.0. The monoisotopic (exact) mass is 924 g/mol. The van der Waals surface area contributed by atoms with Crippen molar-refractivity contribution < 1.29 is 5.11 Å². The molecule has 0 saturated heterocycles. The molecule has 4 heteroatoms. The number of aromatic nitrogens is 3. The molecular weight excluding hydrogens is 851 g/mol. The molecule has 2 aromatic heterocycles. The molecular formula is C66H73N3O. The van der Waals surface area contributed by atoms with E-state index in [-0.39, 0.29) is 22.0 Å². The zero-order valence-corrected chi connectivity index (χ0v) is 43.3. The lowest BCUT2D eigenvalue weighted by atomic mass is 9.79. The Morgan fingerprint density at radius 2 is 1.21 bits per heavy atom. The summed E-state index contributed by atoms with van der Waals surface area (Å²) in [6.07, 6.45) is 14.9. The van der Waals surface area contributed by atoms with Gasteiger partial charge in [0.05, 0.1) is 28.0 Å². The van der Waals surface area contributed by atoms with Gasteiger partial charge in [0.1, 0.15) is 11.6 Å². The number of hydrogen-bond donors (Lipinski definition) is 1. The van der Waals surface area contributed by atoms with Crippen molar-refractivity contribution in [2.24, 2.45) is 5.92 Å². The normalized spacial score (nSPS) is 15.3. The molecule has 2 fully saturated rings. The van der Waals surface area contributed by atoms with Crippen molar-refractivity contribution in [1.29, 1.82) is 0 Å². The van der Waals surface area contributed by atoms with Crippen LogP contribution in [0.15, 0.2) is 140 Å². The van der Waals surface area contributed by atoms with E-state index < -0.39 is 0 Å². The second-order valence-electron chi connectivity index (χ2n) is 23.9. The van der Waals surface area contributed by atoms with Gasteiger partial charge >= 0.3 is 0 Å². The van der Waals surface area contributed by atoms with Crippen LogP contribution in [0.5, 0.6) is 5.75 Å². The number of phenolic OH excluding ortho intramolecular Hbond substituents is 1. The molecule has 0 amide bonds. The van der Waals surface area contributed by atoms with Gasteiger partial charge in [0, 0.05) is 28.5 Å². The Balaban J connectivity index is 1.18. The molecule has 0 unspecified atom stereocenters. The van der Waals surface area contributed by atoms with Crippen molar-refractivity contribution >= 4 is 11.0 Å². The average molecular weight is 924 g/mol. The molecule has 0 bridgehead atoms. The molecule has 4 nitrogen and oxygen atoms in total. The Hall–Kier alpha value is -6.26. The van der Waals surface area contributed by atoms with Crippen LogP contribution in [-0.2, 0) is 22.7 Å². The number of pyridine rings is 1. The van der Waals surface area contributed by atoms with E-state index in [2.05, 4.69) is 200 Å². The molecule has 8 aromatic rings. The van der Waals surface area contributed by atoms with Crippen LogP contribution >= 0.6 is 0 Å². The highest BCUT2D eigenvalue weighted by atomic mass is 16.3. The average Bonchev–Trinajstić information content (AvgIpc) is 4.02. The summed E-state index contributed by atoms with van der Waals surface area (Å²) in [6.45, 7) is 20.2. The van der Waals surface area contributed by atoms with Gasteiger partial charge in [-0.25, -0.2) is 4.98 Å². The third-order valence-corrected chi connectivity index (χ3v) is 15.6. The summed E-state index contributed by atoms with van der Waals surface area (Å²) in [5, 5.41) is 12.6. The highest BCUT2D eigenvalue weighted by molar-refractivity contribution is 5.98. The number of nitrogens with zero attached hydrogens (tertiary/aromatic N) is 3. The third kappa shape index (κ3) is 9.64. The molecule has 0 radical (unpaired) electrons. The van der Waals surface area contributed by atoms with Crippen molar-refractivity contribution in [2.45, 2.75) is 149 Å². The van der Waals surface area contributed by atoms with E-state index in [0.29, 0.717) is 5.92 Å². The quantitative estimate of drug-likeness (QED) is 0.157. The molecule has 0 spiro atoms. The van der Waals surface area contributed by atoms with E-state index >= 15 is 0 Å². The van der Waals surface area contributed by atoms with Crippen LogP contribution in [-0.4, -0.2) is 19.6 Å². The summed E-state index contributed by atoms with van der Waals surface area (Å²) in [6, 6.07) is 49.7. The molecule has 10 rings (SSSR count). The van der Waals surface area contributed by atoms with Crippen molar-refractivity contribution in [2.75, 3.05) is 0 Å².